The molecule has 1 amide bonds. The molecule has 0 aliphatic rings. The maximum Gasteiger partial charge on any atom is 0.221 e. The highest BCUT2D eigenvalue weighted by Crippen LogP contribution is 2.36. The zero-order valence-corrected chi connectivity index (χ0v) is 14.7. The highest BCUT2D eigenvalue weighted by molar-refractivity contribution is 7.98. The molecule has 8 heteroatoms. The van der Waals surface area contributed by atoms with Crippen LogP contribution >= 0.6 is 23.1 Å². The number of halogens is 1. The number of anilines is 1. The minimum Gasteiger partial charge on any atom is -0.313 e. The van der Waals surface area contributed by atoms with Crippen molar-refractivity contribution in [2.75, 3.05) is 12.1 Å². The normalized spacial score (nSPS) is 9.78. The van der Waals surface area contributed by atoms with E-state index in [0.717, 1.165) is 28.3 Å². The van der Waals surface area contributed by atoms with Crippen LogP contribution < -0.4 is 22.1 Å². The molecule has 0 unspecified atom stereocenters. The van der Waals surface area contributed by atoms with Gasteiger partial charge < -0.3 is 5.01 Å². The standard InChI is InChI=1S/C14H17FN2S2.CH4N2O/c1-3-10-7-11(15)8-13(17(2)16)14(10)19-9-12-5-4-6-18-12;2-3-1-4/h4-8H,3,9,16H2,1-2H3;1H,2H2,(H,3,4). The minimum absolute atomic E-state index is 0.232. The van der Waals surface area contributed by atoms with E-state index in [2.05, 4.69) is 17.3 Å². The summed E-state index contributed by atoms with van der Waals surface area (Å²) in [6.07, 6.45) is 1.20. The zero-order valence-electron chi connectivity index (χ0n) is 13.1. The maximum absolute atomic E-state index is 13.6. The lowest BCUT2D eigenvalue weighted by molar-refractivity contribution is -0.109. The number of benzene rings is 1. The van der Waals surface area contributed by atoms with E-state index < -0.39 is 0 Å². The molecular formula is C15H21FN4OS2. The van der Waals surface area contributed by atoms with Crippen molar-refractivity contribution in [3.63, 3.8) is 0 Å². The number of hydrazine groups is 2. The smallest absolute Gasteiger partial charge is 0.221 e. The molecule has 0 saturated heterocycles. The summed E-state index contributed by atoms with van der Waals surface area (Å²) in [6.45, 7) is 2.03. The summed E-state index contributed by atoms with van der Waals surface area (Å²) >= 11 is 3.45. The number of hydrogen-bond donors (Lipinski definition) is 3. The number of hydrogen-bond acceptors (Lipinski definition) is 6. The third kappa shape index (κ3) is 6.19. The van der Waals surface area contributed by atoms with Crippen molar-refractivity contribution in [3.8, 4) is 0 Å². The summed E-state index contributed by atoms with van der Waals surface area (Å²) in [6, 6.07) is 7.25. The van der Waals surface area contributed by atoms with E-state index in [0.29, 0.717) is 6.41 Å². The Hall–Kier alpha value is -1.61. The molecule has 0 fully saturated rings. The van der Waals surface area contributed by atoms with Gasteiger partial charge in [0, 0.05) is 22.6 Å². The topological polar surface area (TPSA) is 84.4 Å². The molecule has 5 nitrogen and oxygen atoms in total. The van der Waals surface area contributed by atoms with Crippen molar-refractivity contribution in [1.29, 1.82) is 0 Å². The quantitative estimate of drug-likeness (QED) is 0.244. The minimum atomic E-state index is -0.232. The number of thiophene rings is 1. The first-order chi connectivity index (χ1) is 11.0. The first-order valence-electron chi connectivity index (χ1n) is 6.89. The Morgan fingerprint density at radius 3 is 2.65 bits per heavy atom. The van der Waals surface area contributed by atoms with Crippen molar-refractivity contribution in [2.45, 2.75) is 24.0 Å². The van der Waals surface area contributed by atoms with Crippen molar-refractivity contribution >= 4 is 35.2 Å². The molecule has 126 valence electrons. The van der Waals surface area contributed by atoms with E-state index in [1.54, 1.807) is 41.6 Å². The van der Waals surface area contributed by atoms with E-state index in [-0.39, 0.29) is 5.82 Å². The van der Waals surface area contributed by atoms with E-state index in [1.165, 1.54) is 16.0 Å². The van der Waals surface area contributed by atoms with Gasteiger partial charge in [-0.15, -0.1) is 23.1 Å². The van der Waals surface area contributed by atoms with Crippen LogP contribution in [0.3, 0.4) is 0 Å². The van der Waals surface area contributed by atoms with Gasteiger partial charge in [-0.05, 0) is 35.6 Å². The first-order valence-corrected chi connectivity index (χ1v) is 8.75. The lowest BCUT2D eigenvalue weighted by Crippen LogP contribution is -2.26. The molecule has 2 aromatic rings. The molecular weight excluding hydrogens is 335 g/mol. The van der Waals surface area contributed by atoms with Gasteiger partial charge in [0.1, 0.15) is 5.82 Å². The molecule has 0 atom stereocenters. The summed E-state index contributed by atoms with van der Waals surface area (Å²) in [5.41, 5.74) is 3.51. The van der Waals surface area contributed by atoms with Crippen LogP contribution in [0.15, 0.2) is 34.5 Å². The second kappa shape index (κ2) is 10.2. The molecule has 2 rings (SSSR count). The molecule has 0 bridgehead atoms. The van der Waals surface area contributed by atoms with E-state index in [1.807, 2.05) is 13.0 Å². The van der Waals surface area contributed by atoms with Crippen molar-refractivity contribution in [2.24, 2.45) is 11.7 Å². The van der Waals surface area contributed by atoms with Crippen LogP contribution in [-0.2, 0) is 17.0 Å². The van der Waals surface area contributed by atoms with Crippen LogP contribution in [0.4, 0.5) is 10.1 Å². The van der Waals surface area contributed by atoms with Crippen LogP contribution in [0.25, 0.3) is 0 Å². The van der Waals surface area contributed by atoms with Crippen LogP contribution in [0.5, 0.6) is 0 Å². The van der Waals surface area contributed by atoms with Crippen LogP contribution in [0.2, 0.25) is 0 Å². The van der Waals surface area contributed by atoms with Crippen LogP contribution in [0, 0.1) is 5.82 Å². The van der Waals surface area contributed by atoms with Crippen molar-refractivity contribution in [1.82, 2.24) is 5.43 Å². The number of nitrogens with two attached hydrogens (primary N) is 2. The predicted octanol–water partition coefficient (Wildman–Crippen LogP) is 2.66. The van der Waals surface area contributed by atoms with Gasteiger partial charge in [-0.1, -0.05) is 13.0 Å². The second-order valence-corrected chi connectivity index (χ2v) is 6.55. The highest BCUT2D eigenvalue weighted by Gasteiger charge is 2.13. The average molecular weight is 356 g/mol. The van der Waals surface area contributed by atoms with Gasteiger partial charge in [-0.3, -0.25) is 10.2 Å². The lowest BCUT2D eigenvalue weighted by atomic mass is 10.1. The molecule has 1 aromatic heterocycles. The third-order valence-corrected chi connectivity index (χ3v) is 5.15. The van der Waals surface area contributed by atoms with E-state index >= 15 is 0 Å². The van der Waals surface area contributed by atoms with Gasteiger partial charge in [0.25, 0.3) is 0 Å². The third-order valence-electron chi connectivity index (χ3n) is 2.88. The van der Waals surface area contributed by atoms with Gasteiger partial charge in [0.2, 0.25) is 6.41 Å². The largest absolute Gasteiger partial charge is 0.313 e. The molecule has 1 heterocycles. The number of carbonyl (C=O) groups excluding carboxylic acids is 1. The first kappa shape index (κ1) is 19.4. The van der Waals surface area contributed by atoms with Gasteiger partial charge in [-0.2, -0.15) is 0 Å². The summed E-state index contributed by atoms with van der Waals surface area (Å²) in [4.78, 5) is 11.3. The zero-order chi connectivity index (χ0) is 17.2. The Kier molecular flexibility index (Phi) is 8.64. The predicted molar refractivity (Wildman–Crippen MR) is 95.6 cm³/mol. The summed E-state index contributed by atoms with van der Waals surface area (Å²) in [7, 11) is 1.74. The number of nitrogens with one attached hydrogen (secondary N) is 1. The van der Waals surface area contributed by atoms with Crippen LogP contribution in [0.1, 0.15) is 17.4 Å². The Labute approximate surface area is 143 Å². The van der Waals surface area contributed by atoms with Crippen molar-refractivity contribution in [3.05, 3.63) is 45.9 Å². The molecule has 0 aliphatic carbocycles. The molecule has 1 aromatic carbocycles. The molecule has 0 saturated carbocycles. The SMILES string of the molecule is CCc1cc(F)cc(N(C)N)c1SCc1cccs1.NNC=O. The molecule has 0 radical (unpaired) electrons. The molecule has 0 aliphatic heterocycles. The Morgan fingerprint density at radius 1 is 1.48 bits per heavy atom. The van der Waals surface area contributed by atoms with Crippen LogP contribution in [-0.4, -0.2) is 13.5 Å². The number of amides is 1. The number of rotatable bonds is 6. The summed E-state index contributed by atoms with van der Waals surface area (Å²) in [5.74, 6) is 10.9. The lowest BCUT2D eigenvalue weighted by Gasteiger charge is -2.19. The Morgan fingerprint density at radius 2 is 2.17 bits per heavy atom. The Bertz CT molecular complexity index is 606. The van der Waals surface area contributed by atoms with E-state index in [9.17, 15) is 4.39 Å². The number of thioether (sulfide) groups is 1. The van der Waals surface area contributed by atoms with Gasteiger partial charge in [0.05, 0.1) is 5.69 Å². The highest BCUT2D eigenvalue weighted by atomic mass is 32.2. The summed E-state index contributed by atoms with van der Waals surface area (Å²) in [5, 5.41) is 3.55. The number of carbonyl (C=O) groups is 1. The fourth-order valence-electron chi connectivity index (χ4n) is 1.86. The average Bonchev–Trinajstić information content (AvgIpc) is 3.06. The summed E-state index contributed by atoms with van der Waals surface area (Å²) < 4.78 is 13.6. The maximum atomic E-state index is 13.6. The number of nitrogens with zero attached hydrogens (tertiary/aromatic N) is 1. The second-order valence-electron chi connectivity index (χ2n) is 4.53. The van der Waals surface area contributed by atoms with Gasteiger partial charge in [-0.25, -0.2) is 16.1 Å². The van der Waals surface area contributed by atoms with Gasteiger partial charge >= 0.3 is 0 Å². The number of aryl methyl sites for hydroxylation is 1. The molecule has 5 N–H and O–H groups in total. The fraction of sp³-hybridized carbons (Fsp3) is 0.267. The fourth-order valence-corrected chi connectivity index (χ4v) is 3.92. The van der Waals surface area contributed by atoms with E-state index in [4.69, 9.17) is 10.6 Å². The van der Waals surface area contributed by atoms with Crippen molar-refractivity contribution < 1.29 is 9.18 Å². The molecule has 23 heavy (non-hydrogen) atoms. The molecule has 0 spiro atoms. The van der Waals surface area contributed by atoms with Gasteiger partial charge in [0.15, 0.2) is 0 Å². The monoisotopic (exact) mass is 356 g/mol. The Balaban J connectivity index is 0.000000593.